The monoisotopic (exact) mass is 261 g/mol. The van der Waals surface area contributed by atoms with Crippen LogP contribution in [0.2, 0.25) is 0 Å². The first-order chi connectivity index (χ1) is 6.56. The number of hydrogen-bond donors (Lipinski definition) is 2. The quantitative estimate of drug-likeness (QED) is 0.820. The second-order valence-corrected chi connectivity index (χ2v) is 4.32. The molecule has 14 heavy (non-hydrogen) atoms. The lowest BCUT2D eigenvalue weighted by molar-refractivity contribution is 0.160. The standard InChI is InChI=1S/C10H13BrFNO/c1-6(2)7-3-8(5-13-14)10(12)9(11)4-7/h3-4,6,13-14H,5H2,1-2H3. The van der Waals surface area contributed by atoms with E-state index in [0.717, 1.165) is 5.56 Å². The first-order valence-corrected chi connectivity index (χ1v) is 5.20. The van der Waals surface area contributed by atoms with Gasteiger partial charge in [-0.25, -0.2) is 9.87 Å². The van der Waals surface area contributed by atoms with Crippen LogP contribution in [0.4, 0.5) is 4.39 Å². The molecule has 0 radical (unpaired) electrons. The summed E-state index contributed by atoms with van der Waals surface area (Å²) in [6.07, 6.45) is 0. The van der Waals surface area contributed by atoms with Gasteiger partial charge in [0.25, 0.3) is 0 Å². The molecule has 1 aromatic rings. The highest BCUT2D eigenvalue weighted by atomic mass is 79.9. The summed E-state index contributed by atoms with van der Waals surface area (Å²) in [5.41, 5.74) is 3.47. The summed E-state index contributed by atoms with van der Waals surface area (Å²) < 4.78 is 13.9. The van der Waals surface area contributed by atoms with Crippen LogP contribution in [0.5, 0.6) is 0 Å². The fraction of sp³-hybridized carbons (Fsp3) is 0.400. The van der Waals surface area contributed by atoms with Crippen molar-refractivity contribution in [1.82, 2.24) is 5.48 Å². The maximum absolute atomic E-state index is 13.4. The van der Waals surface area contributed by atoms with Gasteiger partial charge in [-0.3, -0.25) is 0 Å². The van der Waals surface area contributed by atoms with Crippen LogP contribution in [0, 0.1) is 5.82 Å². The Morgan fingerprint density at radius 1 is 1.50 bits per heavy atom. The van der Waals surface area contributed by atoms with Crippen molar-refractivity contribution in [3.63, 3.8) is 0 Å². The van der Waals surface area contributed by atoms with Gasteiger partial charge in [0.15, 0.2) is 0 Å². The van der Waals surface area contributed by atoms with Crippen LogP contribution in [-0.4, -0.2) is 5.21 Å². The van der Waals surface area contributed by atoms with Gasteiger partial charge in [-0.15, -0.1) is 0 Å². The molecule has 2 nitrogen and oxygen atoms in total. The SMILES string of the molecule is CC(C)c1cc(Br)c(F)c(CNO)c1. The van der Waals surface area contributed by atoms with Crippen LogP contribution in [0.1, 0.15) is 30.9 Å². The molecule has 0 unspecified atom stereocenters. The summed E-state index contributed by atoms with van der Waals surface area (Å²) in [5.74, 6) is 0.0142. The molecule has 0 amide bonds. The molecule has 0 fully saturated rings. The van der Waals surface area contributed by atoms with Crippen molar-refractivity contribution in [2.24, 2.45) is 0 Å². The Morgan fingerprint density at radius 2 is 2.14 bits per heavy atom. The molecule has 0 bridgehead atoms. The lowest BCUT2D eigenvalue weighted by atomic mass is 10.0. The summed E-state index contributed by atoms with van der Waals surface area (Å²) >= 11 is 3.15. The molecule has 0 aromatic heterocycles. The molecular weight excluding hydrogens is 249 g/mol. The van der Waals surface area contributed by atoms with E-state index in [1.165, 1.54) is 0 Å². The molecule has 0 spiro atoms. The van der Waals surface area contributed by atoms with E-state index in [1.807, 2.05) is 19.3 Å². The first kappa shape index (κ1) is 11.6. The van der Waals surface area contributed by atoms with Crippen LogP contribution in [0.3, 0.4) is 0 Å². The zero-order valence-electron chi connectivity index (χ0n) is 8.14. The maximum atomic E-state index is 13.4. The lowest BCUT2D eigenvalue weighted by Gasteiger charge is -2.10. The third-order valence-electron chi connectivity index (χ3n) is 2.06. The van der Waals surface area contributed by atoms with E-state index in [-0.39, 0.29) is 12.4 Å². The Morgan fingerprint density at radius 3 is 2.64 bits per heavy atom. The molecule has 78 valence electrons. The Kier molecular flexibility index (Phi) is 4.04. The van der Waals surface area contributed by atoms with E-state index in [0.29, 0.717) is 16.0 Å². The van der Waals surface area contributed by atoms with Crippen molar-refractivity contribution in [3.05, 3.63) is 33.5 Å². The number of rotatable bonds is 3. The predicted octanol–water partition coefficient (Wildman–Crippen LogP) is 3.19. The first-order valence-electron chi connectivity index (χ1n) is 4.41. The van der Waals surface area contributed by atoms with Crippen molar-refractivity contribution in [2.45, 2.75) is 26.3 Å². The van der Waals surface area contributed by atoms with Gasteiger partial charge in [-0.1, -0.05) is 19.9 Å². The fourth-order valence-corrected chi connectivity index (χ4v) is 1.74. The summed E-state index contributed by atoms with van der Waals surface area (Å²) in [4.78, 5) is 0. The van der Waals surface area contributed by atoms with Crippen molar-refractivity contribution in [3.8, 4) is 0 Å². The molecule has 1 rings (SSSR count). The minimum absolute atomic E-state index is 0.116. The molecular formula is C10H13BrFNO. The zero-order chi connectivity index (χ0) is 10.7. The predicted molar refractivity (Wildman–Crippen MR) is 56.8 cm³/mol. The van der Waals surface area contributed by atoms with Gasteiger partial charge in [0.05, 0.1) is 4.47 Å². The smallest absolute Gasteiger partial charge is 0.141 e. The third kappa shape index (κ3) is 2.53. The van der Waals surface area contributed by atoms with Gasteiger partial charge in [0.2, 0.25) is 0 Å². The summed E-state index contributed by atoms with van der Waals surface area (Å²) in [5, 5.41) is 8.53. The highest BCUT2D eigenvalue weighted by molar-refractivity contribution is 9.10. The number of nitrogens with one attached hydrogen (secondary N) is 1. The van der Waals surface area contributed by atoms with Gasteiger partial charge in [-0.2, -0.15) is 0 Å². The van der Waals surface area contributed by atoms with E-state index in [4.69, 9.17) is 5.21 Å². The Bertz CT molecular complexity index is 328. The molecule has 0 aliphatic rings. The van der Waals surface area contributed by atoms with E-state index in [1.54, 1.807) is 12.1 Å². The van der Waals surface area contributed by atoms with Crippen LogP contribution in [0.15, 0.2) is 16.6 Å². The average Bonchev–Trinajstić information content (AvgIpc) is 2.12. The van der Waals surface area contributed by atoms with Crippen LogP contribution < -0.4 is 5.48 Å². The van der Waals surface area contributed by atoms with E-state index in [9.17, 15) is 4.39 Å². The zero-order valence-corrected chi connectivity index (χ0v) is 9.73. The van der Waals surface area contributed by atoms with E-state index >= 15 is 0 Å². The van der Waals surface area contributed by atoms with Gasteiger partial charge in [0.1, 0.15) is 5.82 Å². The van der Waals surface area contributed by atoms with Gasteiger partial charge in [-0.05, 0) is 33.5 Å². The van der Waals surface area contributed by atoms with Crippen molar-refractivity contribution in [2.75, 3.05) is 0 Å². The van der Waals surface area contributed by atoms with E-state index < -0.39 is 0 Å². The molecule has 1 aromatic carbocycles. The second-order valence-electron chi connectivity index (χ2n) is 3.47. The summed E-state index contributed by atoms with van der Waals surface area (Å²) in [6.45, 7) is 4.19. The second kappa shape index (κ2) is 4.87. The highest BCUT2D eigenvalue weighted by Crippen LogP contribution is 2.25. The van der Waals surface area contributed by atoms with E-state index in [2.05, 4.69) is 15.9 Å². The summed E-state index contributed by atoms with van der Waals surface area (Å²) in [7, 11) is 0. The molecule has 0 heterocycles. The van der Waals surface area contributed by atoms with Crippen molar-refractivity contribution < 1.29 is 9.60 Å². The molecule has 0 aliphatic carbocycles. The molecule has 0 saturated carbocycles. The largest absolute Gasteiger partial charge is 0.316 e. The third-order valence-corrected chi connectivity index (χ3v) is 2.64. The lowest BCUT2D eigenvalue weighted by Crippen LogP contribution is -2.09. The van der Waals surface area contributed by atoms with Gasteiger partial charge >= 0.3 is 0 Å². The van der Waals surface area contributed by atoms with Crippen molar-refractivity contribution in [1.29, 1.82) is 0 Å². The number of benzene rings is 1. The number of hydrogen-bond acceptors (Lipinski definition) is 2. The molecule has 2 N–H and O–H groups in total. The Labute approximate surface area is 91.2 Å². The van der Waals surface area contributed by atoms with Gasteiger partial charge < -0.3 is 5.21 Å². The molecule has 0 saturated heterocycles. The minimum atomic E-state index is -0.323. The topological polar surface area (TPSA) is 32.3 Å². The van der Waals surface area contributed by atoms with Crippen molar-refractivity contribution >= 4 is 15.9 Å². The molecule has 4 heteroatoms. The average molecular weight is 262 g/mol. The highest BCUT2D eigenvalue weighted by Gasteiger charge is 2.10. The normalized spacial score (nSPS) is 11.0. The minimum Gasteiger partial charge on any atom is -0.316 e. The summed E-state index contributed by atoms with van der Waals surface area (Å²) in [6, 6.07) is 3.52. The van der Waals surface area contributed by atoms with Crippen LogP contribution in [0.25, 0.3) is 0 Å². The maximum Gasteiger partial charge on any atom is 0.141 e. The molecule has 0 atom stereocenters. The van der Waals surface area contributed by atoms with Crippen LogP contribution >= 0.6 is 15.9 Å². The fourth-order valence-electron chi connectivity index (χ4n) is 1.22. The van der Waals surface area contributed by atoms with Crippen LogP contribution in [-0.2, 0) is 6.54 Å². The van der Waals surface area contributed by atoms with Gasteiger partial charge in [0, 0.05) is 12.1 Å². The molecule has 0 aliphatic heterocycles. The Balaban J connectivity index is 3.14. The number of hydroxylamine groups is 1. The number of halogens is 2. The Hall–Kier alpha value is -0.450.